The molecule has 0 saturated carbocycles. The molecule has 1 nitrogen and oxygen atoms in total. The molecule has 1 heterocycles. The third-order valence-electron chi connectivity index (χ3n) is 4.50. The highest BCUT2D eigenvalue weighted by atomic mass is 79.9. The SMILES string of the molecule is C[N+]1(CCCCCCCCCCCS)CCCC1.[Br-]. The van der Waals surface area contributed by atoms with E-state index in [4.69, 9.17) is 0 Å². The second-order valence-corrected chi connectivity index (χ2v) is 6.85. The lowest BCUT2D eigenvalue weighted by Crippen LogP contribution is -3.00. The van der Waals surface area contributed by atoms with Crippen LogP contribution in [0.5, 0.6) is 0 Å². The maximum absolute atomic E-state index is 4.24. The van der Waals surface area contributed by atoms with Gasteiger partial charge >= 0.3 is 0 Å². The lowest BCUT2D eigenvalue weighted by atomic mass is 10.1. The van der Waals surface area contributed by atoms with Crippen LogP contribution >= 0.6 is 12.6 Å². The predicted octanol–water partition coefficient (Wildman–Crippen LogP) is 1.67. The first-order valence-corrected chi connectivity index (χ1v) is 8.84. The molecule has 1 aliphatic heterocycles. The van der Waals surface area contributed by atoms with Crippen LogP contribution in [-0.4, -0.2) is 36.9 Å². The van der Waals surface area contributed by atoms with E-state index in [1.807, 2.05) is 0 Å². The summed E-state index contributed by atoms with van der Waals surface area (Å²) in [5.41, 5.74) is 0. The minimum Gasteiger partial charge on any atom is -1.00 e. The number of hydrogen-bond donors (Lipinski definition) is 1. The number of thiol groups is 1. The van der Waals surface area contributed by atoms with E-state index < -0.39 is 0 Å². The Bertz CT molecular complexity index is 193. The molecule has 0 amide bonds. The summed E-state index contributed by atoms with van der Waals surface area (Å²) in [7, 11) is 2.45. The summed E-state index contributed by atoms with van der Waals surface area (Å²) < 4.78 is 1.36. The summed E-state index contributed by atoms with van der Waals surface area (Å²) >= 11 is 4.24. The van der Waals surface area contributed by atoms with Gasteiger partial charge in [0.15, 0.2) is 0 Å². The highest BCUT2D eigenvalue weighted by molar-refractivity contribution is 7.80. The van der Waals surface area contributed by atoms with Gasteiger partial charge in [-0.05, 0) is 25.0 Å². The molecule has 19 heavy (non-hydrogen) atoms. The first kappa shape index (κ1) is 19.8. The Morgan fingerprint density at radius 1 is 0.737 bits per heavy atom. The Kier molecular flexibility index (Phi) is 13.0. The molecule has 0 aromatic rings. The molecule has 1 aliphatic rings. The first-order valence-electron chi connectivity index (χ1n) is 8.21. The predicted molar refractivity (Wildman–Crippen MR) is 85.4 cm³/mol. The van der Waals surface area contributed by atoms with Gasteiger partial charge < -0.3 is 21.5 Å². The molecular weight excluding hydrogens is 318 g/mol. The fourth-order valence-corrected chi connectivity index (χ4v) is 3.39. The van der Waals surface area contributed by atoms with E-state index in [1.54, 1.807) is 0 Å². The highest BCUT2D eigenvalue weighted by Crippen LogP contribution is 2.18. The Morgan fingerprint density at radius 2 is 1.16 bits per heavy atom. The quantitative estimate of drug-likeness (QED) is 0.326. The van der Waals surface area contributed by atoms with Crippen molar-refractivity contribution in [2.75, 3.05) is 32.4 Å². The van der Waals surface area contributed by atoms with Crippen LogP contribution in [0.1, 0.15) is 70.6 Å². The minimum atomic E-state index is 0. The Hall–Kier alpha value is 0.790. The van der Waals surface area contributed by atoms with Gasteiger partial charge in [-0.2, -0.15) is 12.6 Å². The number of hydrogen-bond acceptors (Lipinski definition) is 1. The van der Waals surface area contributed by atoms with Gasteiger partial charge in [-0.15, -0.1) is 0 Å². The molecule has 0 spiro atoms. The average Bonchev–Trinajstić information content (AvgIpc) is 2.79. The van der Waals surface area contributed by atoms with Crippen molar-refractivity contribution < 1.29 is 21.5 Å². The van der Waals surface area contributed by atoms with Gasteiger partial charge in [-0.25, -0.2) is 0 Å². The Balaban J connectivity index is 0.00000324. The molecule has 1 saturated heterocycles. The molecule has 0 aromatic carbocycles. The highest BCUT2D eigenvalue weighted by Gasteiger charge is 2.25. The molecule has 0 radical (unpaired) electrons. The number of likely N-dealkylation sites (tertiary alicyclic amines) is 1. The summed E-state index contributed by atoms with van der Waals surface area (Å²) in [6.07, 6.45) is 15.8. The van der Waals surface area contributed by atoms with Crippen molar-refractivity contribution in [1.82, 2.24) is 0 Å². The van der Waals surface area contributed by atoms with E-state index in [2.05, 4.69) is 19.7 Å². The van der Waals surface area contributed by atoms with Crippen LogP contribution in [-0.2, 0) is 0 Å². The maximum atomic E-state index is 4.24. The van der Waals surface area contributed by atoms with Crippen molar-refractivity contribution in [3.8, 4) is 0 Å². The van der Waals surface area contributed by atoms with Gasteiger partial charge in [-0.1, -0.05) is 38.5 Å². The summed E-state index contributed by atoms with van der Waals surface area (Å²) in [4.78, 5) is 0. The zero-order valence-corrected chi connectivity index (χ0v) is 15.4. The molecule has 116 valence electrons. The van der Waals surface area contributed by atoms with Crippen LogP contribution in [0.15, 0.2) is 0 Å². The molecule has 3 heteroatoms. The fourth-order valence-electron chi connectivity index (χ4n) is 3.17. The van der Waals surface area contributed by atoms with Gasteiger partial charge in [0.1, 0.15) is 0 Å². The van der Waals surface area contributed by atoms with Gasteiger partial charge in [0.2, 0.25) is 0 Å². The van der Waals surface area contributed by atoms with Crippen molar-refractivity contribution in [3.05, 3.63) is 0 Å². The topological polar surface area (TPSA) is 0 Å². The van der Waals surface area contributed by atoms with Crippen LogP contribution in [0.2, 0.25) is 0 Å². The van der Waals surface area contributed by atoms with Gasteiger partial charge in [0.25, 0.3) is 0 Å². The molecule has 0 aromatic heterocycles. The largest absolute Gasteiger partial charge is 1.00 e. The van der Waals surface area contributed by atoms with E-state index in [9.17, 15) is 0 Å². The van der Waals surface area contributed by atoms with E-state index in [0.29, 0.717) is 0 Å². The summed E-state index contributed by atoms with van der Waals surface area (Å²) in [5, 5.41) is 0. The third kappa shape index (κ3) is 10.2. The molecule has 0 bridgehead atoms. The normalized spacial score (nSPS) is 17.4. The van der Waals surface area contributed by atoms with Crippen molar-refractivity contribution in [3.63, 3.8) is 0 Å². The molecule has 0 unspecified atom stereocenters. The molecule has 0 atom stereocenters. The minimum absolute atomic E-state index is 0. The Morgan fingerprint density at radius 3 is 1.63 bits per heavy atom. The number of halogens is 1. The van der Waals surface area contributed by atoms with E-state index >= 15 is 0 Å². The number of unbranched alkanes of at least 4 members (excludes halogenated alkanes) is 8. The summed E-state index contributed by atoms with van der Waals surface area (Å²) in [6, 6.07) is 0. The van der Waals surface area contributed by atoms with E-state index in [0.717, 1.165) is 5.75 Å². The monoisotopic (exact) mass is 351 g/mol. The first-order chi connectivity index (χ1) is 8.77. The lowest BCUT2D eigenvalue weighted by Gasteiger charge is -2.29. The van der Waals surface area contributed by atoms with Gasteiger partial charge in [0.05, 0.1) is 26.7 Å². The number of quaternary nitrogens is 1. The summed E-state index contributed by atoms with van der Waals surface area (Å²) in [5.74, 6) is 1.07. The van der Waals surface area contributed by atoms with Crippen LogP contribution < -0.4 is 17.0 Å². The molecule has 0 aliphatic carbocycles. The second kappa shape index (κ2) is 12.5. The van der Waals surface area contributed by atoms with Crippen LogP contribution in [0.25, 0.3) is 0 Å². The summed E-state index contributed by atoms with van der Waals surface area (Å²) in [6.45, 7) is 4.30. The zero-order valence-electron chi connectivity index (χ0n) is 12.9. The van der Waals surface area contributed by atoms with Crippen molar-refractivity contribution >= 4 is 12.6 Å². The zero-order chi connectivity index (χ0) is 13.1. The van der Waals surface area contributed by atoms with Gasteiger partial charge in [0, 0.05) is 12.8 Å². The van der Waals surface area contributed by atoms with E-state index in [-0.39, 0.29) is 17.0 Å². The van der Waals surface area contributed by atoms with Crippen molar-refractivity contribution in [1.29, 1.82) is 0 Å². The van der Waals surface area contributed by atoms with Crippen LogP contribution in [0.4, 0.5) is 0 Å². The van der Waals surface area contributed by atoms with E-state index in [1.165, 1.54) is 94.7 Å². The van der Waals surface area contributed by atoms with Crippen LogP contribution in [0.3, 0.4) is 0 Å². The third-order valence-corrected chi connectivity index (χ3v) is 4.82. The maximum Gasteiger partial charge on any atom is 0.0786 e. The average molecular weight is 352 g/mol. The second-order valence-electron chi connectivity index (χ2n) is 6.40. The smallest absolute Gasteiger partial charge is 0.0786 e. The lowest BCUT2D eigenvalue weighted by molar-refractivity contribution is -0.897. The van der Waals surface area contributed by atoms with Crippen molar-refractivity contribution in [2.45, 2.75) is 70.6 Å². The Labute approximate surface area is 137 Å². The molecule has 1 fully saturated rings. The fraction of sp³-hybridized carbons (Fsp3) is 1.00. The van der Waals surface area contributed by atoms with Gasteiger partial charge in [-0.3, -0.25) is 0 Å². The standard InChI is InChI=1S/C16H33NS.BrH/c1-17(14-10-11-15-17)13-9-7-5-3-2-4-6-8-12-16-18;/h2-16H2,1H3;1H. The number of rotatable bonds is 11. The molecular formula is C16H34BrNS. The number of nitrogens with zero attached hydrogens (tertiary/aromatic N) is 1. The van der Waals surface area contributed by atoms with Crippen molar-refractivity contribution in [2.24, 2.45) is 0 Å². The van der Waals surface area contributed by atoms with Crippen LogP contribution in [0, 0.1) is 0 Å². The molecule has 1 rings (SSSR count). The molecule has 0 N–H and O–H groups in total.